The van der Waals surface area contributed by atoms with E-state index in [0.717, 1.165) is 6.54 Å². The van der Waals surface area contributed by atoms with Gasteiger partial charge in [0.25, 0.3) is 0 Å². The van der Waals surface area contributed by atoms with Crippen molar-refractivity contribution < 1.29 is 4.42 Å². The molecule has 0 aliphatic heterocycles. The maximum absolute atomic E-state index is 5.63. The molecule has 0 bridgehead atoms. The lowest BCUT2D eigenvalue weighted by Crippen LogP contribution is -2.30. The van der Waals surface area contributed by atoms with E-state index < -0.39 is 0 Å². The van der Waals surface area contributed by atoms with Gasteiger partial charge < -0.3 is 15.1 Å². The van der Waals surface area contributed by atoms with E-state index in [9.17, 15) is 0 Å². The summed E-state index contributed by atoms with van der Waals surface area (Å²) >= 11 is 0. The number of aromatic nitrogens is 2. The Labute approximate surface area is 84.3 Å². The standard InChI is InChI=1S/C9H18N4O/c1-5-13(6(2)3)9-12-11-8(14-9)7(4)10/h6-7H,5,10H2,1-4H3. The van der Waals surface area contributed by atoms with Crippen molar-refractivity contribution >= 4 is 6.01 Å². The van der Waals surface area contributed by atoms with E-state index in [-0.39, 0.29) is 6.04 Å². The molecule has 0 aromatic carbocycles. The van der Waals surface area contributed by atoms with E-state index in [1.807, 2.05) is 11.8 Å². The summed E-state index contributed by atoms with van der Waals surface area (Å²) in [5.41, 5.74) is 5.63. The molecule has 0 saturated heterocycles. The Morgan fingerprint density at radius 1 is 1.36 bits per heavy atom. The van der Waals surface area contributed by atoms with Gasteiger partial charge in [-0.1, -0.05) is 5.10 Å². The third-order valence-electron chi connectivity index (χ3n) is 2.03. The van der Waals surface area contributed by atoms with Crippen LogP contribution in [0.3, 0.4) is 0 Å². The maximum atomic E-state index is 5.63. The zero-order valence-corrected chi connectivity index (χ0v) is 9.19. The Hall–Kier alpha value is -1.10. The average molecular weight is 198 g/mol. The largest absolute Gasteiger partial charge is 0.406 e. The molecule has 0 fully saturated rings. The van der Waals surface area contributed by atoms with Crippen LogP contribution in [0.2, 0.25) is 0 Å². The second kappa shape index (κ2) is 4.41. The van der Waals surface area contributed by atoms with Gasteiger partial charge in [-0.15, -0.1) is 5.10 Å². The van der Waals surface area contributed by atoms with Crippen LogP contribution in [0.4, 0.5) is 6.01 Å². The maximum Gasteiger partial charge on any atom is 0.318 e. The fourth-order valence-corrected chi connectivity index (χ4v) is 1.25. The lowest BCUT2D eigenvalue weighted by Gasteiger charge is -2.21. The number of rotatable bonds is 4. The van der Waals surface area contributed by atoms with Gasteiger partial charge in [0.2, 0.25) is 5.89 Å². The van der Waals surface area contributed by atoms with Crippen molar-refractivity contribution in [1.29, 1.82) is 0 Å². The summed E-state index contributed by atoms with van der Waals surface area (Å²) in [5.74, 6) is 0.485. The Bertz CT molecular complexity index is 282. The normalized spacial score (nSPS) is 13.3. The Morgan fingerprint density at radius 3 is 2.36 bits per heavy atom. The average Bonchev–Trinajstić information content (AvgIpc) is 2.53. The summed E-state index contributed by atoms with van der Waals surface area (Å²) < 4.78 is 5.44. The van der Waals surface area contributed by atoms with E-state index in [1.165, 1.54) is 0 Å². The molecule has 1 heterocycles. The van der Waals surface area contributed by atoms with Gasteiger partial charge in [-0.3, -0.25) is 0 Å². The van der Waals surface area contributed by atoms with Crippen LogP contribution in [0.1, 0.15) is 39.6 Å². The van der Waals surface area contributed by atoms with Crippen LogP contribution in [-0.4, -0.2) is 22.8 Å². The molecule has 0 spiro atoms. The molecule has 1 atom stereocenters. The number of hydrogen-bond acceptors (Lipinski definition) is 5. The van der Waals surface area contributed by atoms with Crippen LogP contribution in [0.5, 0.6) is 0 Å². The summed E-state index contributed by atoms with van der Waals surface area (Å²) in [7, 11) is 0. The number of anilines is 1. The monoisotopic (exact) mass is 198 g/mol. The Balaban J connectivity index is 2.84. The first kappa shape index (κ1) is 11.0. The molecule has 14 heavy (non-hydrogen) atoms. The molecule has 0 saturated carbocycles. The van der Waals surface area contributed by atoms with Crippen molar-refractivity contribution in [3.8, 4) is 0 Å². The number of hydrogen-bond donors (Lipinski definition) is 1. The van der Waals surface area contributed by atoms with Gasteiger partial charge >= 0.3 is 6.01 Å². The molecular weight excluding hydrogens is 180 g/mol. The van der Waals surface area contributed by atoms with Crippen molar-refractivity contribution in [2.45, 2.75) is 39.8 Å². The molecule has 1 aromatic rings. The van der Waals surface area contributed by atoms with Gasteiger partial charge in [0.05, 0.1) is 6.04 Å². The molecule has 1 rings (SSSR count). The first-order valence-corrected chi connectivity index (χ1v) is 4.91. The second-order valence-electron chi connectivity index (χ2n) is 3.59. The number of nitrogens with two attached hydrogens (primary N) is 1. The van der Waals surface area contributed by atoms with Gasteiger partial charge in [-0.2, -0.15) is 0 Å². The zero-order chi connectivity index (χ0) is 10.7. The predicted molar refractivity (Wildman–Crippen MR) is 55.1 cm³/mol. The highest BCUT2D eigenvalue weighted by molar-refractivity contribution is 5.25. The Kier molecular flexibility index (Phi) is 3.46. The van der Waals surface area contributed by atoms with Gasteiger partial charge in [-0.05, 0) is 27.7 Å². The van der Waals surface area contributed by atoms with E-state index >= 15 is 0 Å². The lowest BCUT2D eigenvalue weighted by molar-refractivity contribution is 0.449. The van der Waals surface area contributed by atoms with Crippen LogP contribution >= 0.6 is 0 Å². The molecule has 5 heteroatoms. The quantitative estimate of drug-likeness (QED) is 0.790. The fraction of sp³-hybridized carbons (Fsp3) is 0.778. The molecule has 0 aliphatic rings. The van der Waals surface area contributed by atoms with Crippen LogP contribution in [-0.2, 0) is 0 Å². The molecule has 1 unspecified atom stereocenters. The summed E-state index contributed by atoms with van der Waals surface area (Å²) in [6, 6.07) is 0.693. The van der Waals surface area contributed by atoms with E-state index in [4.69, 9.17) is 10.2 Å². The molecule has 0 radical (unpaired) electrons. The fourth-order valence-electron chi connectivity index (χ4n) is 1.25. The van der Waals surface area contributed by atoms with Gasteiger partial charge in [0, 0.05) is 12.6 Å². The highest BCUT2D eigenvalue weighted by Gasteiger charge is 2.16. The summed E-state index contributed by atoms with van der Waals surface area (Å²) in [5, 5.41) is 7.84. The Morgan fingerprint density at radius 2 is 2.00 bits per heavy atom. The van der Waals surface area contributed by atoms with Crippen LogP contribution in [0.15, 0.2) is 4.42 Å². The van der Waals surface area contributed by atoms with E-state index in [2.05, 4.69) is 31.0 Å². The number of nitrogens with zero attached hydrogens (tertiary/aromatic N) is 3. The van der Waals surface area contributed by atoms with Crippen LogP contribution in [0, 0.1) is 0 Å². The van der Waals surface area contributed by atoms with Gasteiger partial charge in [0.1, 0.15) is 0 Å². The summed E-state index contributed by atoms with van der Waals surface area (Å²) in [4.78, 5) is 2.03. The zero-order valence-electron chi connectivity index (χ0n) is 9.19. The molecule has 80 valence electrons. The predicted octanol–water partition coefficient (Wildman–Crippen LogP) is 1.32. The topological polar surface area (TPSA) is 68.2 Å². The molecule has 5 nitrogen and oxygen atoms in total. The smallest absolute Gasteiger partial charge is 0.318 e. The minimum absolute atomic E-state index is 0.206. The first-order chi connectivity index (χ1) is 6.56. The molecule has 2 N–H and O–H groups in total. The molecule has 1 aromatic heterocycles. The summed E-state index contributed by atoms with van der Waals surface area (Å²) in [6.45, 7) is 8.88. The molecular formula is C9H18N4O. The third kappa shape index (κ3) is 2.23. The highest BCUT2D eigenvalue weighted by Crippen LogP contribution is 2.17. The first-order valence-electron chi connectivity index (χ1n) is 4.91. The molecule has 0 aliphatic carbocycles. The van der Waals surface area contributed by atoms with Gasteiger partial charge in [0.15, 0.2) is 0 Å². The van der Waals surface area contributed by atoms with Crippen molar-refractivity contribution in [3.63, 3.8) is 0 Å². The molecule has 0 amide bonds. The SMILES string of the molecule is CCN(c1nnc(C(C)N)o1)C(C)C. The van der Waals surface area contributed by atoms with Crippen LogP contribution < -0.4 is 10.6 Å². The second-order valence-corrected chi connectivity index (χ2v) is 3.59. The van der Waals surface area contributed by atoms with Gasteiger partial charge in [-0.25, -0.2) is 0 Å². The third-order valence-corrected chi connectivity index (χ3v) is 2.03. The van der Waals surface area contributed by atoms with Crippen LogP contribution in [0.25, 0.3) is 0 Å². The lowest BCUT2D eigenvalue weighted by atomic mass is 10.3. The minimum Gasteiger partial charge on any atom is -0.406 e. The van der Waals surface area contributed by atoms with Crippen molar-refractivity contribution in [3.05, 3.63) is 5.89 Å². The van der Waals surface area contributed by atoms with Crippen molar-refractivity contribution in [2.24, 2.45) is 5.73 Å². The summed E-state index contributed by atoms with van der Waals surface area (Å²) in [6.07, 6.45) is 0. The van der Waals surface area contributed by atoms with Crippen molar-refractivity contribution in [2.75, 3.05) is 11.4 Å². The van der Waals surface area contributed by atoms with E-state index in [0.29, 0.717) is 17.9 Å². The van der Waals surface area contributed by atoms with Crippen molar-refractivity contribution in [1.82, 2.24) is 10.2 Å². The van der Waals surface area contributed by atoms with E-state index in [1.54, 1.807) is 0 Å². The highest BCUT2D eigenvalue weighted by atomic mass is 16.4. The minimum atomic E-state index is -0.206.